The second kappa shape index (κ2) is 7.96. The van der Waals surface area contributed by atoms with Crippen molar-refractivity contribution in [2.45, 2.75) is 57.2 Å². The van der Waals surface area contributed by atoms with Gasteiger partial charge < -0.3 is 20.3 Å². The molecule has 2 atom stereocenters. The molecular weight excluding hydrogens is 254 g/mol. The van der Waals surface area contributed by atoms with Gasteiger partial charge in [-0.2, -0.15) is 0 Å². The minimum absolute atomic E-state index is 0.120. The van der Waals surface area contributed by atoms with Gasteiger partial charge in [-0.05, 0) is 45.6 Å². The smallest absolute Gasteiger partial charge is 0.248 e. The summed E-state index contributed by atoms with van der Waals surface area (Å²) in [4.78, 5) is 13.7. The van der Waals surface area contributed by atoms with Gasteiger partial charge in [-0.3, -0.25) is 4.79 Å². The third-order valence-corrected chi connectivity index (χ3v) is 4.44. The Kier molecular flexibility index (Phi) is 6.26. The molecule has 0 radical (unpaired) electrons. The molecule has 2 aliphatic heterocycles. The van der Waals surface area contributed by atoms with Crippen molar-refractivity contribution >= 4 is 5.91 Å². The van der Waals surface area contributed by atoms with Crippen molar-refractivity contribution in [1.82, 2.24) is 15.5 Å². The molecule has 1 amide bonds. The number of amides is 1. The van der Waals surface area contributed by atoms with Gasteiger partial charge in [-0.15, -0.1) is 0 Å². The number of hydrogen-bond acceptors (Lipinski definition) is 4. The lowest BCUT2D eigenvalue weighted by molar-refractivity contribution is -0.136. The average molecular weight is 283 g/mol. The Labute approximate surface area is 122 Å². The van der Waals surface area contributed by atoms with Crippen LogP contribution in [0.2, 0.25) is 0 Å². The molecule has 0 aromatic heterocycles. The first kappa shape index (κ1) is 15.7. The van der Waals surface area contributed by atoms with Gasteiger partial charge in [-0.1, -0.05) is 0 Å². The van der Waals surface area contributed by atoms with Crippen molar-refractivity contribution in [2.24, 2.45) is 0 Å². The monoisotopic (exact) mass is 283 g/mol. The molecule has 0 saturated carbocycles. The number of methoxy groups -OCH3 is 1. The number of carbonyl (C=O) groups is 1. The molecule has 0 aliphatic carbocycles. The van der Waals surface area contributed by atoms with Crippen molar-refractivity contribution in [3.8, 4) is 0 Å². The van der Waals surface area contributed by atoms with Crippen LogP contribution in [0.15, 0.2) is 0 Å². The number of carbonyl (C=O) groups excluding carboxylic acids is 1. The SMILES string of the molecule is COCC(=O)N1CCC(NC(C)CC2CCCN2)CC1. The van der Waals surface area contributed by atoms with Gasteiger partial charge in [-0.25, -0.2) is 0 Å². The summed E-state index contributed by atoms with van der Waals surface area (Å²) >= 11 is 0. The van der Waals surface area contributed by atoms with Gasteiger partial charge in [0.05, 0.1) is 0 Å². The molecule has 2 heterocycles. The average Bonchev–Trinajstić information content (AvgIpc) is 2.92. The third kappa shape index (κ3) is 4.72. The van der Waals surface area contributed by atoms with E-state index in [0.717, 1.165) is 25.9 Å². The van der Waals surface area contributed by atoms with Crippen molar-refractivity contribution in [1.29, 1.82) is 0 Å². The Bertz CT molecular complexity index is 297. The lowest BCUT2D eigenvalue weighted by Crippen LogP contribution is -2.48. The quantitative estimate of drug-likeness (QED) is 0.755. The zero-order valence-corrected chi connectivity index (χ0v) is 12.9. The van der Waals surface area contributed by atoms with E-state index in [1.165, 1.54) is 25.8 Å². The highest BCUT2D eigenvalue weighted by Crippen LogP contribution is 2.15. The molecule has 0 bridgehead atoms. The predicted molar refractivity (Wildman–Crippen MR) is 79.7 cm³/mol. The standard InChI is InChI=1S/C15H29N3O2/c1-12(10-14-4-3-7-16-14)17-13-5-8-18(9-6-13)15(19)11-20-2/h12-14,16-17H,3-11H2,1-2H3. The number of hydrogen-bond donors (Lipinski definition) is 2. The molecule has 5 heteroatoms. The first-order chi connectivity index (χ1) is 9.69. The zero-order chi connectivity index (χ0) is 14.4. The third-order valence-electron chi connectivity index (χ3n) is 4.44. The van der Waals surface area contributed by atoms with E-state index < -0.39 is 0 Å². The van der Waals surface area contributed by atoms with E-state index in [4.69, 9.17) is 4.74 Å². The summed E-state index contributed by atoms with van der Waals surface area (Å²) in [6.07, 6.45) is 5.95. The highest BCUT2D eigenvalue weighted by Gasteiger charge is 2.24. The Morgan fingerprint density at radius 1 is 1.40 bits per heavy atom. The molecule has 116 valence electrons. The lowest BCUT2D eigenvalue weighted by atomic mass is 10.0. The van der Waals surface area contributed by atoms with Crippen LogP contribution in [0, 0.1) is 0 Å². The fourth-order valence-electron chi connectivity index (χ4n) is 3.37. The van der Waals surface area contributed by atoms with Gasteiger partial charge in [0.1, 0.15) is 6.61 Å². The molecule has 2 fully saturated rings. The molecule has 2 unspecified atom stereocenters. The second-order valence-corrected chi connectivity index (χ2v) is 6.18. The van der Waals surface area contributed by atoms with E-state index in [1.54, 1.807) is 7.11 Å². The number of nitrogens with zero attached hydrogens (tertiary/aromatic N) is 1. The van der Waals surface area contributed by atoms with Crippen molar-refractivity contribution in [2.75, 3.05) is 33.4 Å². The molecule has 2 rings (SSSR count). The first-order valence-corrected chi connectivity index (χ1v) is 7.95. The summed E-state index contributed by atoms with van der Waals surface area (Å²) < 4.78 is 4.91. The highest BCUT2D eigenvalue weighted by atomic mass is 16.5. The number of rotatable bonds is 6. The summed E-state index contributed by atoms with van der Waals surface area (Å²) in [6, 6.07) is 1.80. The number of nitrogens with one attached hydrogen (secondary N) is 2. The number of piperidine rings is 1. The topological polar surface area (TPSA) is 53.6 Å². The molecule has 2 aliphatic rings. The Morgan fingerprint density at radius 2 is 2.15 bits per heavy atom. The molecule has 20 heavy (non-hydrogen) atoms. The summed E-state index contributed by atoms with van der Waals surface area (Å²) in [7, 11) is 1.57. The summed E-state index contributed by atoms with van der Waals surface area (Å²) in [5.74, 6) is 0.120. The second-order valence-electron chi connectivity index (χ2n) is 6.18. The lowest BCUT2D eigenvalue weighted by Gasteiger charge is -2.34. The van der Waals surface area contributed by atoms with Crippen molar-refractivity contribution in [3.05, 3.63) is 0 Å². The minimum atomic E-state index is 0.120. The van der Waals surface area contributed by atoms with Crippen LogP contribution >= 0.6 is 0 Å². The normalized spacial score (nSPS) is 25.9. The van der Waals surface area contributed by atoms with Gasteiger partial charge in [0.15, 0.2) is 0 Å². The van der Waals surface area contributed by atoms with Crippen LogP contribution in [0.3, 0.4) is 0 Å². The largest absolute Gasteiger partial charge is 0.375 e. The van der Waals surface area contributed by atoms with E-state index in [9.17, 15) is 4.79 Å². The van der Waals surface area contributed by atoms with Crippen LogP contribution in [-0.2, 0) is 9.53 Å². The maximum Gasteiger partial charge on any atom is 0.248 e. The maximum absolute atomic E-state index is 11.7. The Balaban J connectivity index is 1.64. The number of ether oxygens (including phenoxy) is 1. The van der Waals surface area contributed by atoms with Crippen LogP contribution in [0.5, 0.6) is 0 Å². The van der Waals surface area contributed by atoms with Crippen LogP contribution in [-0.4, -0.2) is 62.3 Å². The van der Waals surface area contributed by atoms with E-state index in [1.807, 2.05) is 4.90 Å². The van der Waals surface area contributed by atoms with E-state index in [0.29, 0.717) is 18.1 Å². The van der Waals surface area contributed by atoms with Crippen molar-refractivity contribution in [3.63, 3.8) is 0 Å². The molecular formula is C15H29N3O2. The van der Waals surface area contributed by atoms with E-state index in [-0.39, 0.29) is 12.5 Å². The van der Waals surface area contributed by atoms with Crippen LogP contribution < -0.4 is 10.6 Å². The Morgan fingerprint density at radius 3 is 2.75 bits per heavy atom. The highest BCUT2D eigenvalue weighted by molar-refractivity contribution is 5.77. The maximum atomic E-state index is 11.7. The number of likely N-dealkylation sites (tertiary alicyclic amines) is 1. The Hall–Kier alpha value is -0.650. The summed E-state index contributed by atoms with van der Waals surface area (Å²) in [5, 5.41) is 7.28. The van der Waals surface area contributed by atoms with Crippen LogP contribution in [0.1, 0.15) is 39.0 Å². The summed E-state index contributed by atoms with van der Waals surface area (Å²) in [6.45, 7) is 5.38. The zero-order valence-electron chi connectivity index (χ0n) is 12.9. The summed E-state index contributed by atoms with van der Waals surface area (Å²) in [5.41, 5.74) is 0. The molecule has 0 aromatic carbocycles. The molecule has 0 spiro atoms. The van der Waals surface area contributed by atoms with E-state index >= 15 is 0 Å². The first-order valence-electron chi connectivity index (χ1n) is 7.95. The van der Waals surface area contributed by atoms with Crippen molar-refractivity contribution < 1.29 is 9.53 Å². The van der Waals surface area contributed by atoms with Crippen LogP contribution in [0.4, 0.5) is 0 Å². The van der Waals surface area contributed by atoms with E-state index in [2.05, 4.69) is 17.6 Å². The minimum Gasteiger partial charge on any atom is -0.375 e. The van der Waals surface area contributed by atoms with Crippen LogP contribution in [0.25, 0.3) is 0 Å². The molecule has 5 nitrogen and oxygen atoms in total. The molecule has 2 saturated heterocycles. The van der Waals surface area contributed by atoms with Gasteiger partial charge >= 0.3 is 0 Å². The molecule has 2 N–H and O–H groups in total. The fraction of sp³-hybridized carbons (Fsp3) is 0.933. The fourth-order valence-corrected chi connectivity index (χ4v) is 3.37. The predicted octanol–water partition coefficient (Wildman–Crippen LogP) is 0.744. The van der Waals surface area contributed by atoms with Gasteiger partial charge in [0.25, 0.3) is 0 Å². The van der Waals surface area contributed by atoms with Gasteiger partial charge in [0, 0.05) is 38.3 Å². The van der Waals surface area contributed by atoms with Gasteiger partial charge in [0.2, 0.25) is 5.91 Å². The molecule has 0 aromatic rings.